The summed E-state index contributed by atoms with van der Waals surface area (Å²) in [6.45, 7) is 0. The second kappa shape index (κ2) is 3.86. The van der Waals surface area contributed by atoms with Crippen molar-refractivity contribution >= 4 is 17.9 Å². The summed E-state index contributed by atoms with van der Waals surface area (Å²) in [6, 6.07) is 9.16. The van der Waals surface area contributed by atoms with Gasteiger partial charge in [0.1, 0.15) is 5.69 Å². The Hall–Kier alpha value is -2.43. The molecule has 1 unspecified atom stereocenters. The van der Waals surface area contributed by atoms with Crippen LogP contribution in [0.3, 0.4) is 0 Å². The molecule has 5 heteroatoms. The molecule has 1 N–H and O–H groups in total. The molecule has 1 atom stereocenters. The van der Waals surface area contributed by atoms with Crippen LogP contribution in [0.1, 0.15) is 17.4 Å². The molecule has 1 aliphatic rings. The number of rotatable bonds is 2. The molecule has 0 fully saturated rings. The number of aldehydes is 1. The lowest BCUT2D eigenvalue weighted by Crippen LogP contribution is -2.18. The summed E-state index contributed by atoms with van der Waals surface area (Å²) < 4.78 is 5.52. The van der Waals surface area contributed by atoms with Crippen LogP contribution in [-0.2, 0) is 9.53 Å². The van der Waals surface area contributed by atoms with Crippen molar-refractivity contribution in [2.45, 2.75) is 6.10 Å². The lowest BCUT2D eigenvalue weighted by Gasteiger charge is -2.21. The molecule has 1 aromatic carbocycles. The predicted octanol–water partition coefficient (Wildman–Crippen LogP) is 1.76. The lowest BCUT2D eigenvalue weighted by atomic mass is 10.1. The minimum Gasteiger partial charge on any atom is -0.460 e. The highest BCUT2D eigenvalue weighted by molar-refractivity contribution is 5.96. The van der Waals surface area contributed by atoms with Gasteiger partial charge in [0.25, 0.3) is 0 Å². The minimum atomic E-state index is -0.609. The van der Waals surface area contributed by atoms with Gasteiger partial charge in [0, 0.05) is 11.8 Å². The zero-order chi connectivity index (χ0) is 11.7. The molecule has 0 spiro atoms. The van der Waals surface area contributed by atoms with E-state index >= 15 is 0 Å². The summed E-state index contributed by atoms with van der Waals surface area (Å²) in [6.07, 6.45) is 1.77. The second-order valence-corrected chi connectivity index (χ2v) is 3.62. The van der Waals surface area contributed by atoms with E-state index < -0.39 is 6.10 Å². The Labute approximate surface area is 97.1 Å². The van der Waals surface area contributed by atoms with Crippen molar-refractivity contribution in [1.82, 2.24) is 10.2 Å². The van der Waals surface area contributed by atoms with Crippen molar-refractivity contribution < 1.29 is 9.53 Å². The zero-order valence-corrected chi connectivity index (χ0v) is 8.83. The lowest BCUT2D eigenvalue weighted by molar-refractivity contribution is -0.114. The van der Waals surface area contributed by atoms with Crippen LogP contribution < -0.4 is 0 Å². The molecule has 1 aromatic heterocycles. The first-order valence-electron chi connectivity index (χ1n) is 5.18. The van der Waals surface area contributed by atoms with Crippen LogP contribution in [-0.4, -0.2) is 22.4 Å². The first-order valence-corrected chi connectivity index (χ1v) is 5.18. The van der Waals surface area contributed by atoms with E-state index in [1.807, 2.05) is 24.3 Å². The van der Waals surface area contributed by atoms with E-state index in [0.29, 0.717) is 11.6 Å². The van der Waals surface area contributed by atoms with Crippen molar-refractivity contribution in [3.05, 3.63) is 47.8 Å². The van der Waals surface area contributed by atoms with Crippen LogP contribution >= 0.6 is 0 Å². The summed E-state index contributed by atoms with van der Waals surface area (Å²) >= 11 is 0. The van der Waals surface area contributed by atoms with Crippen LogP contribution in [0.5, 0.6) is 0 Å². The third-order valence-electron chi connectivity index (χ3n) is 2.56. The molecule has 0 aliphatic carbocycles. The van der Waals surface area contributed by atoms with Crippen LogP contribution in [0.15, 0.2) is 41.5 Å². The maximum absolute atomic E-state index is 11.0. The maximum atomic E-state index is 11.0. The summed E-state index contributed by atoms with van der Waals surface area (Å²) in [4.78, 5) is 15.4. The maximum Gasteiger partial charge on any atom is 0.240 e. The SMILES string of the molecule is O=CC1OC(c2ccn[nH]2)=Nc2ccccc21. The molecule has 3 rings (SSSR count). The molecule has 0 saturated carbocycles. The summed E-state index contributed by atoms with van der Waals surface area (Å²) in [5.41, 5.74) is 2.19. The van der Waals surface area contributed by atoms with Crippen LogP contribution in [0.4, 0.5) is 5.69 Å². The highest BCUT2D eigenvalue weighted by Crippen LogP contribution is 2.32. The van der Waals surface area contributed by atoms with E-state index in [2.05, 4.69) is 15.2 Å². The van der Waals surface area contributed by atoms with E-state index in [1.165, 1.54) is 0 Å². The first-order chi connectivity index (χ1) is 8.38. The molecular weight excluding hydrogens is 218 g/mol. The number of benzene rings is 1. The van der Waals surface area contributed by atoms with Gasteiger partial charge < -0.3 is 4.74 Å². The van der Waals surface area contributed by atoms with Gasteiger partial charge in [0.15, 0.2) is 12.4 Å². The van der Waals surface area contributed by atoms with Gasteiger partial charge in [-0.1, -0.05) is 18.2 Å². The molecule has 0 saturated heterocycles. The quantitative estimate of drug-likeness (QED) is 0.795. The van der Waals surface area contributed by atoms with Gasteiger partial charge >= 0.3 is 0 Å². The highest BCUT2D eigenvalue weighted by Gasteiger charge is 2.24. The average molecular weight is 227 g/mol. The number of aromatic amines is 1. The van der Waals surface area contributed by atoms with Crippen LogP contribution in [0.25, 0.3) is 0 Å². The zero-order valence-electron chi connectivity index (χ0n) is 8.83. The number of hydrogen-bond acceptors (Lipinski definition) is 4. The smallest absolute Gasteiger partial charge is 0.240 e. The molecule has 0 bridgehead atoms. The topological polar surface area (TPSA) is 67.3 Å². The Morgan fingerprint density at radius 1 is 1.29 bits per heavy atom. The number of para-hydroxylation sites is 1. The fourth-order valence-electron chi connectivity index (χ4n) is 1.75. The number of aromatic nitrogens is 2. The number of H-pyrrole nitrogens is 1. The second-order valence-electron chi connectivity index (χ2n) is 3.62. The Bertz CT molecular complexity index is 575. The Morgan fingerprint density at radius 2 is 2.18 bits per heavy atom. The molecule has 0 amide bonds. The first kappa shape index (κ1) is 9.77. The summed E-state index contributed by atoms with van der Waals surface area (Å²) in [7, 11) is 0. The van der Waals surface area contributed by atoms with E-state index in [-0.39, 0.29) is 0 Å². The van der Waals surface area contributed by atoms with E-state index in [1.54, 1.807) is 12.3 Å². The number of fused-ring (bicyclic) bond motifs is 1. The molecule has 84 valence electrons. The number of carbonyl (C=O) groups is 1. The van der Waals surface area contributed by atoms with Gasteiger partial charge in [-0.25, -0.2) is 4.99 Å². The predicted molar refractivity (Wildman–Crippen MR) is 61.1 cm³/mol. The Balaban J connectivity index is 2.11. The summed E-state index contributed by atoms with van der Waals surface area (Å²) in [5.74, 6) is 0.387. The number of nitrogens with zero attached hydrogens (tertiary/aromatic N) is 2. The molecule has 2 aromatic rings. The number of ether oxygens (including phenoxy) is 1. The molecular formula is C12H9N3O2. The van der Waals surface area contributed by atoms with Crippen LogP contribution in [0, 0.1) is 0 Å². The van der Waals surface area contributed by atoms with Crippen molar-refractivity contribution in [1.29, 1.82) is 0 Å². The number of hydrogen-bond donors (Lipinski definition) is 1. The monoisotopic (exact) mass is 227 g/mol. The summed E-state index contributed by atoms with van der Waals surface area (Å²) in [5, 5.41) is 6.59. The fourth-order valence-corrected chi connectivity index (χ4v) is 1.75. The van der Waals surface area contributed by atoms with E-state index in [0.717, 1.165) is 17.5 Å². The average Bonchev–Trinajstić information content (AvgIpc) is 2.91. The molecule has 1 aliphatic heterocycles. The highest BCUT2D eigenvalue weighted by atomic mass is 16.5. The molecule has 0 radical (unpaired) electrons. The number of nitrogens with one attached hydrogen (secondary N) is 1. The van der Waals surface area contributed by atoms with E-state index in [9.17, 15) is 4.79 Å². The standard InChI is InChI=1S/C12H9N3O2/c16-7-11-8-3-1-2-4-9(8)14-12(17-11)10-5-6-13-15-10/h1-7,11H,(H,13,15). The van der Waals surface area contributed by atoms with Gasteiger partial charge in [-0.3, -0.25) is 9.89 Å². The Morgan fingerprint density at radius 3 is 2.94 bits per heavy atom. The van der Waals surface area contributed by atoms with Gasteiger partial charge in [-0.05, 0) is 12.1 Å². The van der Waals surface area contributed by atoms with Crippen LogP contribution in [0.2, 0.25) is 0 Å². The van der Waals surface area contributed by atoms with E-state index in [4.69, 9.17) is 4.74 Å². The molecule has 17 heavy (non-hydrogen) atoms. The fraction of sp³-hybridized carbons (Fsp3) is 0.0833. The number of aliphatic imine (C=N–C) groups is 1. The normalized spacial score (nSPS) is 17.9. The Kier molecular flexibility index (Phi) is 2.22. The molecule has 2 heterocycles. The van der Waals surface area contributed by atoms with Gasteiger partial charge in [0.05, 0.1) is 5.69 Å². The third kappa shape index (κ3) is 1.61. The molecule has 5 nitrogen and oxygen atoms in total. The number of carbonyl (C=O) groups excluding carboxylic acids is 1. The van der Waals surface area contributed by atoms with Gasteiger partial charge in [-0.2, -0.15) is 5.10 Å². The van der Waals surface area contributed by atoms with Crippen molar-refractivity contribution in [3.8, 4) is 0 Å². The largest absolute Gasteiger partial charge is 0.460 e. The van der Waals surface area contributed by atoms with Gasteiger partial charge in [-0.15, -0.1) is 0 Å². The van der Waals surface area contributed by atoms with Crippen molar-refractivity contribution in [2.75, 3.05) is 0 Å². The van der Waals surface area contributed by atoms with Crippen molar-refractivity contribution in [2.24, 2.45) is 4.99 Å². The van der Waals surface area contributed by atoms with Gasteiger partial charge in [0.2, 0.25) is 5.90 Å². The van der Waals surface area contributed by atoms with Crippen molar-refractivity contribution in [3.63, 3.8) is 0 Å². The third-order valence-corrected chi connectivity index (χ3v) is 2.56. The minimum absolute atomic E-state index is 0.387.